The third-order valence-corrected chi connectivity index (χ3v) is 1.71. The maximum atomic E-state index is 5.47. The van der Waals surface area contributed by atoms with Gasteiger partial charge in [0.1, 0.15) is 5.69 Å². The van der Waals surface area contributed by atoms with Gasteiger partial charge < -0.3 is 10.6 Å². The minimum Gasteiger partial charge on any atom is -0.356 e. The molecule has 0 radical (unpaired) electrons. The molecule has 0 aliphatic carbocycles. The molecule has 0 saturated heterocycles. The minimum absolute atomic E-state index is 0.451. The van der Waals surface area contributed by atoms with Gasteiger partial charge in [-0.3, -0.25) is 0 Å². The van der Waals surface area contributed by atoms with E-state index in [-0.39, 0.29) is 0 Å². The molecule has 0 spiro atoms. The topological polar surface area (TPSA) is 33.6 Å². The number of nitrogens with two attached hydrogens (primary N) is 1. The summed E-state index contributed by atoms with van der Waals surface area (Å²) >= 11 is 0. The van der Waals surface area contributed by atoms with Crippen molar-refractivity contribution in [2.45, 2.75) is 0 Å². The van der Waals surface area contributed by atoms with Gasteiger partial charge in [0.05, 0.1) is 6.67 Å². The summed E-state index contributed by atoms with van der Waals surface area (Å²) in [5.41, 5.74) is 7.17. The smallest absolute Gasteiger partial charge is 0.356 e. The van der Waals surface area contributed by atoms with Gasteiger partial charge in [-0.05, 0) is 10.9 Å². The van der Waals surface area contributed by atoms with E-state index in [1.165, 1.54) is 0 Å². The first-order valence-corrected chi connectivity index (χ1v) is 3.70. The molecule has 0 unspecified atom stereocenters. The highest BCUT2D eigenvalue weighted by Gasteiger charge is 2.11. The first-order chi connectivity index (χ1) is 5.79. The van der Waals surface area contributed by atoms with Crippen molar-refractivity contribution < 1.29 is 0 Å². The number of hydrogen-bond donors (Lipinski definition) is 1. The van der Waals surface area contributed by atoms with Gasteiger partial charge in [-0.25, -0.2) is 0 Å². The van der Waals surface area contributed by atoms with Crippen molar-refractivity contribution in [3.8, 4) is 6.57 Å². The molecule has 62 valence electrons. The average Bonchev–Trinajstić information content (AvgIpc) is 2.16. The summed E-state index contributed by atoms with van der Waals surface area (Å²) in [6, 6.07) is 7.59. The fraction of sp³-hybridized carbons (Fsp3) is 0.222. The summed E-state index contributed by atoms with van der Waals surface area (Å²) < 4.78 is 0. The van der Waals surface area contributed by atoms with Crippen LogP contribution < -0.4 is 10.6 Å². The van der Waals surface area contributed by atoms with E-state index in [0.29, 0.717) is 6.67 Å². The van der Waals surface area contributed by atoms with Crippen molar-refractivity contribution in [3.63, 3.8) is 0 Å². The van der Waals surface area contributed by atoms with Gasteiger partial charge in [-0.15, -0.1) is 0 Å². The summed E-state index contributed by atoms with van der Waals surface area (Å²) in [5, 5.41) is 0. The molecule has 1 aromatic carbocycles. The number of nitrogens with zero attached hydrogens (tertiary/aromatic N) is 2. The molecule has 0 heterocycles. The highest BCUT2D eigenvalue weighted by Crippen LogP contribution is 2.26. The van der Waals surface area contributed by atoms with Crippen molar-refractivity contribution in [2.75, 3.05) is 18.6 Å². The normalized spacial score (nSPS) is 9.08. The number of benzene rings is 1. The lowest BCUT2D eigenvalue weighted by Gasteiger charge is -2.13. The number of para-hydroxylation sites is 2. The largest absolute Gasteiger partial charge is 0.362 e. The molecular formula is C9H12N3+. The van der Waals surface area contributed by atoms with Crippen LogP contribution in [-0.4, -0.2) is 13.7 Å². The molecule has 1 rings (SSSR count). The van der Waals surface area contributed by atoms with E-state index in [9.17, 15) is 0 Å². The number of rotatable bonds is 2. The Hall–Kier alpha value is -1.53. The first-order valence-electron chi connectivity index (χ1n) is 3.70. The predicted octanol–water partition coefficient (Wildman–Crippen LogP) is 1.63. The number of anilines is 1. The predicted molar refractivity (Wildman–Crippen MR) is 51.9 cm³/mol. The minimum atomic E-state index is 0.451. The SMILES string of the molecule is C#[N+]c1ccccc1N(C)CN. The van der Waals surface area contributed by atoms with Gasteiger partial charge in [-0.1, -0.05) is 12.1 Å². The Morgan fingerprint density at radius 2 is 2.17 bits per heavy atom. The zero-order valence-corrected chi connectivity index (χ0v) is 7.07. The summed E-state index contributed by atoms with van der Waals surface area (Å²) in [4.78, 5) is 5.52. The van der Waals surface area contributed by atoms with E-state index in [1.807, 2.05) is 36.2 Å². The van der Waals surface area contributed by atoms with E-state index in [0.717, 1.165) is 11.4 Å². The fourth-order valence-corrected chi connectivity index (χ4v) is 0.994. The molecule has 3 nitrogen and oxygen atoms in total. The van der Waals surface area contributed by atoms with Crippen LogP contribution in [-0.2, 0) is 0 Å². The van der Waals surface area contributed by atoms with Crippen molar-refractivity contribution in [3.05, 3.63) is 29.1 Å². The molecule has 0 atom stereocenters. The lowest BCUT2D eigenvalue weighted by molar-refractivity contribution is 0.935. The van der Waals surface area contributed by atoms with Gasteiger partial charge in [0.15, 0.2) is 0 Å². The van der Waals surface area contributed by atoms with Crippen molar-refractivity contribution in [1.82, 2.24) is 0 Å². The zero-order chi connectivity index (χ0) is 8.97. The lowest BCUT2D eigenvalue weighted by Crippen LogP contribution is -2.24. The first kappa shape index (κ1) is 8.57. The van der Waals surface area contributed by atoms with E-state index in [1.54, 1.807) is 0 Å². The molecule has 0 amide bonds. The summed E-state index contributed by atoms with van der Waals surface area (Å²) in [7, 11) is 1.89. The van der Waals surface area contributed by atoms with E-state index >= 15 is 0 Å². The lowest BCUT2D eigenvalue weighted by atomic mass is 10.2. The van der Waals surface area contributed by atoms with E-state index in [4.69, 9.17) is 12.3 Å². The second-order valence-electron chi connectivity index (χ2n) is 2.50. The summed E-state index contributed by atoms with van der Waals surface area (Å²) in [6.45, 7) is 5.65. The average molecular weight is 162 g/mol. The maximum Gasteiger partial charge on any atom is 0.362 e. The third kappa shape index (κ3) is 1.55. The monoisotopic (exact) mass is 162 g/mol. The van der Waals surface area contributed by atoms with Crippen LogP contribution in [0.1, 0.15) is 0 Å². The maximum absolute atomic E-state index is 5.47. The standard InChI is InChI=1S/C9H12N3/c1-11-8-5-3-4-6-9(8)12(2)7-10/h1,3-6H,7,10H2,2H3/q+1. The molecule has 0 aromatic heterocycles. The molecule has 1 aromatic rings. The van der Waals surface area contributed by atoms with Gasteiger partial charge in [0.25, 0.3) is 6.57 Å². The Kier molecular flexibility index (Phi) is 2.67. The molecular weight excluding hydrogens is 150 g/mol. The molecule has 0 aliphatic rings. The van der Waals surface area contributed by atoms with Crippen molar-refractivity contribution in [1.29, 1.82) is 0 Å². The van der Waals surface area contributed by atoms with Gasteiger partial charge in [0.2, 0.25) is 0 Å². The molecule has 0 fully saturated rings. The molecule has 0 saturated carbocycles. The Balaban J connectivity index is 3.07. The number of hydrogen-bond acceptors (Lipinski definition) is 2. The van der Waals surface area contributed by atoms with Crippen molar-refractivity contribution >= 4 is 11.4 Å². The molecule has 0 aliphatic heterocycles. The van der Waals surface area contributed by atoms with Crippen LogP contribution in [0.25, 0.3) is 4.85 Å². The Bertz CT molecular complexity index is 301. The van der Waals surface area contributed by atoms with Gasteiger partial charge >= 0.3 is 5.69 Å². The quantitative estimate of drug-likeness (QED) is 0.670. The second kappa shape index (κ2) is 3.74. The Labute approximate surface area is 72.2 Å². The third-order valence-electron chi connectivity index (χ3n) is 1.71. The van der Waals surface area contributed by atoms with Crippen LogP contribution in [0.5, 0.6) is 0 Å². The van der Waals surface area contributed by atoms with Crippen molar-refractivity contribution in [2.24, 2.45) is 5.73 Å². The van der Waals surface area contributed by atoms with Crippen LogP contribution in [0.2, 0.25) is 0 Å². The second-order valence-corrected chi connectivity index (χ2v) is 2.50. The van der Waals surface area contributed by atoms with E-state index in [2.05, 4.69) is 4.85 Å². The molecule has 3 heteroatoms. The van der Waals surface area contributed by atoms with Crippen LogP contribution in [0.3, 0.4) is 0 Å². The molecule has 2 N–H and O–H groups in total. The summed E-state index contributed by atoms with van der Waals surface area (Å²) in [5.74, 6) is 0. The van der Waals surface area contributed by atoms with Crippen LogP contribution >= 0.6 is 0 Å². The Morgan fingerprint density at radius 1 is 1.50 bits per heavy atom. The Morgan fingerprint density at radius 3 is 2.75 bits per heavy atom. The van der Waals surface area contributed by atoms with Gasteiger partial charge in [0, 0.05) is 13.1 Å². The highest BCUT2D eigenvalue weighted by atomic mass is 15.2. The zero-order valence-electron chi connectivity index (χ0n) is 7.07. The fourth-order valence-electron chi connectivity index (χ4n) is 0.994. The molecule has 0 bridgehead atoms. The van der Waals surface area contributed by atoms with Crippen LogP contribution in [0, 0.1) is 6.57 Å². The van der Waals surface area contributed by atoms with E-state index < -0.39 is 0 Å². The highest BCUT2D eigenvalue weighted by molar-refractivity contribution is 5.70. The van der Waals surface area contributed by atoms with Gasteiger partial charge in [-0.2, -0.15) is 0 Å². The van der Waals surface area contributed by atoms with Crippen LogP contribution in [0.4, 0.5) is 11.4 Å². The molecule has 12 heavy (non-hydrogen) atoms. The van der Waals surface area contributed by atoms with Crippen LogP contribution in [0.15, 0.2) is 24.3 Å². The summed E-state index contributed by atoms with van der Waals surface area (Å²) in [6.07, 6.45) is 0.